The molecular formula is C12H22N2O3. The predicted molar refractivity (Wildman–Crippen MR) is 64.8 cm³/mol. The van der Waals surface area contributed by atoms with Crippen molar-refractivity contribution in [3.8, 4) is 0 Å². The first-order valence-electron chi connectivity index (χ1n) is 6.33. The van der Waals surface area contributed by atoms with Crippen LogP contribution in [0, 0.1) is 5.92 Å². The van der Waals surface area contributed by atoms with E-state index >= 15 is 0 Å². The second-order valence-corrected chi connectivity index (χ2v) is 4.74. The van der Waals surface area contributed by atoms with Crippen LogP contribution in [0.2, 0.25) is 0 Å². The highest BCUT2D eigenvalue weighted by Crippen LogP contribution is 2.17. The Hall–Kier alpha value is -1.26. The Morgan fingerprint density at radius 2 is 2.18 bits per heavy atom. The summed E-state index contributed by atoms with van der Waals surface area (Å²) in [7, 11) is 0. The van der Waals surface area contributed by atoms with Gasteiger partial charge in [-0.25, -0.2) is 9.59 Å². The van der Waals surface area contributed by atoms with Gasteiger partial charge < -0.3 is 15.3 Å². The Morgan fingerprint density at radius 3 is 2.76 bits per heavy atom. The number of rotatable bonds is 4. The Labute approximate surface area is 102 Å². The summed E-state index contributed by atoms with van der Waals surface area (Å²) in [4.78, 5) is 24.4. The van der Waals surface area contributed by atoms with E-state index in [0.29, 0.717) is 25.4 Å². The fraction of sp³-hybridized carbons (Fsp3) is 0.833. The number of amides is 2. The molecule has 0 radical (unpaired) electrons. The summed E-state index contributed by atoms with van der Waals surface area (Å²) < 4.78 is 0. The highest BCUT2D eigenvalue weighted by molar-refractivity contribution is 5.82. The molecule has 5 nitrogen and oxygen atoms in total. The number of hydrogen-bond acceptors (Lipinski definition) is 2. The van der Waals surface area contributed by atoms with E-state index in [9.17, 15) is 9.59 Å². The van der Waals surface area contributed by atoms with Crippen LogP contribution < -0.4 is 5.32 Å². The maximum Gasteiger partial charge on any atom is 0.326 e. The van der Waals surface area contributed by atoms with E-state index in [1.54, 1.807) is 0 Å². The van der Waals surface area contributed by atoms with Crippen LogP contribution >= 0.6 is 0 Å². The van der Waals surface area contributed by atoms with Gasteiger partial charge in [0.25, 0.3) is 0 Å². The molecule has 0 bridgehead atoms. The molecule has 0 aromatic rings. The number of nitrogens with one attached hydrogen (secondary N) is 1. The van der Waals surface area contributed by atoms with Crippen LogP contribution in [0.15, 0.2) is 0 Å². The predicted octanol–water partition coefficient (Wildman–Crippen LogP) is 1.68. The Kier molecular flexibility index (Phi) is 5.25. The summed E-state index contributed by atoms with van der Waals surface area (Å²) in [6, 6.07) is -0.891. The highest BCUT2D eigenvalue weighted by atomic mass is 16.4. The number of piperidine rings is 1. The van der Waals surface area contributed by atoms with E-state index in [4.69, 9.17) is 5.11 Å². The number of urea groups is 1. The van der Waals surface area contributed by atoms with Crippen molar-refractivity contribution in [2.75, 3.05) is 13.1 Å². The molecule has 1 rings (SSSR count). The number of carbonyl (C=O) groups is 2. The number of carboxylic acids is 1. The third kappa shape index (κ3) is 3.91. The number of likely N-dealkylation sites (tertiary alicyclic amines) is 1. The molecule has 98 valence electrons. The maximum absolute atomic E-state index is 11.9. The van der Waals surface area contributed by atoms with E-state index in [0.717, 1.165) is 19.3 Å². The largest absolute Gasteiger partial charge is 0.480 e. The molecule has 0 aliphatic carbocycles. The number of carbonyl (C=O) groups excluding carboxylic acids is 1. The molecule has 2 atom stereocenters. The van der Waals surface area contributed by atoms with E-state index < -0.39 is 12.0 Å². The molecule has 0 aromatic carbocycles. The fourth-order valence-corrected chi connectivity index (χ4v) is 1.94. The molecule has 1 heterocycles. The van der Waals surface area contributed by atoms with Gasteiger partial charge in [-0.05, 0) is 25.2 Å². The molecule has 0 spiro atoms. The third-order valence-electron chi connectivity index (χ3n) is 3.35. The van der Waals surface area contributed by atoms with Crippen LogP contribution in [0.3, 0.4) is 0 Å². The smallest absolute Gasteiger partial charge is 0.326 e. The van der Waals surface area contributed by atoms with Gasteiger partial charge in [-0.1, -0.05) is 20.3 Å². The topological polar surface area (TPSA) is 69.6 Å². The van der Waals surface area contributed by atoms with Crippen molar-refractivity contribution in [1.29, 1.82) is 0 Å². The number of carboxylic acid groups (broad SMARTS) is 1. The lowest BCUT2D eigenvalue weighted by molar-refractivity contribution is -0.143. The molecule has 5 heteroatoms. The average molecular weight is 242 g/mol. The van der Waals surface area contributed by atoms with Crippen LogP contribution in [-0.2, 0) is 4.79 Å². The van der Waals surface area contributed by atoms with Crippen LogP contribution in [0.5, 0.6) is 0 Å². The molecule has 1 fully saturated rings. The van der Waals surface area contributed by atoms with Gasteiger partial charge in [0.15, 0.2) is 0 Å². The van der Waals surface area contributed by atoms with Gasteiger partial charge in [0.2, 0.25) is 0 Å². The van der Waals surface area contributed by atoms with Crippen LogP contribution in [0.4, 0.5) is 4.79 Å². The maximum atomic E-state index is 11.9. The van der Waals surface area contributed by atoms with Gasteiger partial charge in [-0.3, -0.25) is 0 Å². The summed E-state index contributed by atoms with van der Waals surface area (Å²) >= 11 is 0. The Balaban J connectivity index is 2.50. The van der Waals surface area contributed by atoms with Gasteiger partial charge in [0.05, 0.1) is 0 Å². The first-order valence-corrected chi connectivity index (χ1v) is 6.33. The van der Waals surface area contributed by atoms with Crippen molar-refractivity contribution >= 4 is 12.0 Å². The summed E-state index contributed by atoms with van der Waals surface area (Å²) in [5.41, 5.74) is 0. The van der Waals surface area contributed by atoms with Crippen molar-refractivity contribution in [2.45, 2.75) is 45.6 Å². The number of hydrogen-bond donors (Lipinski definition) is 2. The normalized spacial score (nSPS) is 22.0. The van der Waals surface area contributed by atoms with Gasteiger partial charge in [0, 0.05) is 13.1 Å². The second kappa shape index (κ2) is 6.47. The van der Waals surface area contributed by atoms with E-state index in [1.807, 2.05) is 0 Å². The average Bonchev–Trinajstić information content (AvgIpc) is 2.35. The lowest BCUT2D eigenvalue weighted by Gasteiger charge is -2.33. The van der Waals surface area contributed by atoms with Gasteiger partial charge >= 0.3 is 12.0 Å². The molecular weight excluding hydrogens is 220 g/mol. The molecule has 0 saturated carbocycles. The zero-order valence-electron chi connectivity index (χ0n) is 10.6. The lowest BCUT2D eigenvalue weighted by atomic mass is 10.0. The van der Waals surface area contributed by atoms with Crippen molar-refractivity contribution in [1.82, 2.24) is 10.2 Å². The Bertz CT molecular complexity index is 281. The van der Waals surface area contributed by atoms with Crippen LogP contribution in [0.1, 0.15) is 39.5 Å². The molecule has 0 aromatic heterocycles. The zero-order chi connectivity index (χ0) is 12.8. The summed E-state index contributed by atoms with van der Waals surface area (Å²) in [5, 5.41) is 11.9. The summed E-state index contributed by atoms with van der Waals surface area (Å²) in [6.45, 7) is 5.28. The standard InChI is InChI=1S/C12H22N2O3/c1-3-9(2)8-13-12(17)14-7-5-4-6-10(14)11(15)16/h9-10H,3-8H2,1-2H3,(H,13,17)(H,15,16). The molecule has 2 N–H and O–H groups in total. The van der Waals surface area contributed by atoms with E-state index in [1.165, 1.54) is 4.90 Å². The van der Waals surface area contributed by atoms with Gasteiger partial charge in [0.1, 0.15) is 6.04 Å². The first kappa shape index (κ1) is 13.8. The minimum atomic E-state index is -0.900. The quantitative estimate of drug-likeness (QED) is 0.788. The molecule has 2 unspecified atom stereocenters. The molecule has 1 saturated heterocycles. The fourth-order valence-electron chi connectivity index (χ4n) is 1.94. The van der Waals surface area contributed by atoms with Crippen LogP contribution in [0.25, 0.3) is 0 Å². The minimum Gasteiger partial charge on any atom is -0.480 e. The van der Waals surface area contributed by atoms with Crippen molar-refractivity contribution in [3.63, 3.8) is 0 Å². The van der Waals surface area contributed by atoms with Gasteiger partial charge in [-0.15, -0.1) is 0 Å². The SMILES string of the molecule is CCC(C)CNC(=O)N1CCCCC1C(=O)O. The third-order valence-corrected chi connectivity index (χ3v) is 3.35. The molecule has 2 amide bonds. The second-order valence-electron chi connectivity index (χ2n) is 4.74. The lowest BCUT2D eigenvalue weighted by Crippen LogP contribution is -2.52. The Morgan fingerprint density at radius 1 is 1.47 bits per heavy atom. The number of aliphatic carboxylic acids is 1. The molecule has 1 aliphatic heterocycles. The van der Waals surface area contributed by atoms with E-state index in [2.05, 4.69) is 19.2 Å². The number of nitrogens with zero attached hydrogens (tertiary/aromatic N) is 1. The molecule has 17 heavy (non-hydrogen) atoms. The highest BCUT2D eigenvalue weighted by Gasteiger charge is 2.31. The van der Waals surface area contributed by atoms with Crippen molar-refractivity contribution in [2.24, 2.45) is 5.92 Å². The first-order chi connectivity index (χ1) is 8.06. The van der Waals surface area contributed by atoms with Crippen molar-refractivity contribution < 1.29 is 14.7 Å². The minimum absolute atomic E-state index is 0.239. The monoisotopic (exact) mass is 242 g/mol. The zero-order valence-corrected chi connectivity index (χ0v) is 10.6. The van der Waals surface area contributed by atoms with Crippen LogP contribution in [-0.4, -0.2) is 41.1 Å². The summed E-state index contributed by atoms with van der Waals surface area (Å²) in [5.74, 6) is -0.476. The molecule has 1 aliphatic rings. The van der Waals surface area contributed by atoms with Crippen molar-refractivity contribution in [3.05, 3.63) is 0 Å². The summed E-state index contributed by atoms with van der Waals surface area (Å²) in [6.07, 6.45) is 3.33. The van der Waals surface area contributed by atoms with E-state index in [-0.39, 0.29) is 6.03 Å². The van der Waals surface area contributed by atoms with Gasteiger partial charge in [-0.2, -0.15) is 0 Å².